The van der Waals surface area contributed by atoms with Crippen LogP contribution in [0.4, 0.5) is 0 Å². The molecule has 1 heterocycles. The molecule has 16 heavy (non-hydrogen) atoms. The number of hydrogen-bond acceptors (Lipinski definition) is 2. The second kappa shape index (κ2) is 6.02. The Balaban J connectivity index is 1.65. The molecule has 0 aromatic heterocycles. The molecule has 0 N–H and O–H groups in total. The van der Waals surface area contributed by atoms with Crippen molar-refractivity contribution in [3.8, 4) is 0 Å². The minimum atomic E-state index is 1.18. The van der Waals surface area contributed by atoms with Gasteiger partial charge in [0.2, 0.25) is 0 Å². The van der Waals surface area contributed by atoms with Crippen LogP contribution in [0.2, 0.25) is 0 Å². The van der Waals surface area contributed by atoms with Crippen LogP contribution in [0.1, 0.15) is 12.0 Å². The lowest BCUT2D eigenvalue weighted by molar-refractivity contribution is 0.153. The highest BCUT2D eigenvalue weighted by atomic mass is 15.2. The van der Waals surface area contributed by atoms with Crippen LogP contribution in [0.15, 0.2) is 24.3 Å². The van der Waals surface area contributed by atoms with Crippen molar-refractivity contribution in [1.82, 2.24) is 9.80 Å². The van der Waals surface area contributed by atoms with Gasteiger partial charge < -0.3 is 9.80 Å². The van der Waals surface area contributed by atoms with Crippen molar-refractivity contribution in [3.05, 3.63) is 35.9 Å². The highest BCUT2D eigenvalue weighted by Gasteiger charge is 2.12. The second-order valence-corrected chi connectivity index (χ2v) is 4.66. The third-order valence-corrected chi connectivity index (χ3v) is 3.31. The van der Waals surface area contributed by atoms with Gasteiger partial charge in [-0.15, -0.1) is 0 Å². The number of likely N-dealkylation sites (N-methyl/N-ethyl adjacent to an activating group) is 1. The molecule has 0 unspecified atom stereocenters. The molecule has 0 bridgehead atoms. The van der Waals surface area contributed by atoms with E-state index in [4.69, 9.17) is 0 Å². The number of rotatable bonds is 4. The Morgan fingerprint density at radius 2 is 2.06 bits per heavy atom. The van der Waals surface area contributed by atoms with Crippen LogP contribution in [0.25, 0.3) is 0 Å². The largest absolute Gasteiger partial charge is 0.304 e. The molecule has 1 aliphatic rings. The van der Waals surface area contributed by atoms with Gasteiger partial charge in [0, 0.05) is 26.2 Å². The van der Waals surface area contributed by atoms with E-state index >= 15 is 0 Å². The molecule has 87 valence electrons. The van der Waals surface area contributed by atoms with E-state index in [1.165, 1.54) is 51.1 Å². The summed E-state index contributed by atoms with van der Waals surface area (Å²) in [6, 6.07) is 11.5. The first-order valence-electron chi connectivity index (χ1n) is 6.20. The zero-order chi connectivity index (χ0) is 11.2. The molecular formula is C14H21N2. The van der Waals surface area contributed by atoms with Crippen molar-refractivity contribution in [2.24, 2.45) is 0 Å². The van der Waals surface area contributed by atoms with Gasteiger partial charge in [-0.25, -0.2) is 0 Å². The van der Waals surface area contributed by atoms with E-state index < -0.39 is 0 Å². The summed E-state index contributed by atoms with van der Waals surface area (Å²) in [6.45, 7) is 6.15. The summed E-state index contributed by atoms with van der Waals surface area (Å²) < 4.78 is 0. The average Bonchev–Trinajstić information content (AvgIpc) is 2.33. The second-order valence-electron chi connectivity index (χ2n) is 4.66. The normalized spacial score (nSPS) is 18.8. The molecular weight excluding hydrogens is 196 g/mol. The number of benzene rings is 1. The molecule has 0 aliphatic carbocycles. The first kappa shape index (κ1) is 11.6. The third-order valence-electron chi connectivity index (χ3n) is 3.31. The van der Waals surface area contributed by atoms with Crippen molar-refractivity contribution < 1.29 is 0 Å². The van der Waals surface area contributed by atoms with Crippen LogP contribution in [0, 0.1) is 6.07 Å². The van der Waals surface area contributed by atoms with Crippen LogP contribution in [0.3, 0.4) is 0 Å². The maximum Gasteiger partial charge on any atom is 0.0110 e. The summed E-state index contributed by atoms with van der Waals surface area (Å²) in [4.78, 5) is 4.98. The summed E-state index contributed by atoms with van der Waals surface area (Å²) in [5.41, 5.74) is 1.41. The summed E-state index contributed by atoms with van der Waals surface area (Å²) >= 11 is 0. The van der Waals surface area contributed by atoms with Crippen molar-refractivity contribution in [3.63, 3.8) is 0 Å². The van der Waals surface area contributed by atoms with Crippen molar-refractivity contribution >= 4 is 0 Å². The van der Waals surface area contributed by atoms with E-state index in [0.29, 0.717) is 0 Å². The van der Waals surface area contributed by atoms with Gasteiger partial charge in [-0.1, -0.05) is 24.3 Å². The Morgan fingerprint density at radius 1 is 1.25 bits per heavy atom. The number of piperazine rings is 1. The van der Waals surface area contributed by atoms with Crippen LogP contribution >= 0.6 is 0 Å². The van der Waals surface area contributed by atoms with Crippen molar-refractivity contribution in [1.29, 1.82) is 0 Å². The first-order chi connectivity index (χ1) is 7.84. The van der Waals surface area contributed by atoms with Gasteiger partial charge in [-0.3, -0.25) is 0 Å². The maximum atomic E-state index is 3.13. The van der Waals surface area contributed by atoms with Crippen LogP contribution in [-0.4, -0.2) is 49.6 Å². The minimum absolute atomic E-state index is 1.18. The monoisotopic (exact) mass is 217 g/mol. The van der Waals surface area contributed by atoms with E-state index in [1.54, 1.807) is 0 Å². The van der Waals surface area contributed by atoms with Gasteiger partial charge in [0.1, 0.15) is 0 Å². The number of hydrogen-bond donors (Lipinski definition) is 0. The zero-order valence-corrected chi connectivity index (χ0v) is 10.2. The van der Waals surface area contributed by atoms with E-state index in [2.05, 4.69) is 41.1 Å². The fourth-order valence-electron chi connectivity index (χ4n) is 2.16. The summed E-state index contributed by atoms with van der Waals surface area (Å²) in [7, 11) is 2.21. The lowest BCUT2D eigenvalue weighted by Crippen LogP contribution is -2.44. The lowest BCUT2D eigenvalue weighted by atomic mass is 10.1. The molecule has 0 saturated carbocycles. The summed E-state index contributed by atoms with van der Waals surface area (Å²) in [6.07, 6.45) is 2.45. The SMILES string of the molecule is CN1CCN(CCCc2c[c]ccc2)CC1. The number of nitrogens with zero attached hydrogens (tertiary/aromatic N) is 2. The van der Waals surface area contributed by atoms with Crippen LogP contribution < -0.4 is 0 Å². The maximum absolute atomic E-state index is 3.13. The molecule has 2 heteroatoms. The molecule has 2 rings (SSSR count). The standard InChI is InChI=1S/C14H21N2/c1-15-10-12-16(13-11-15)9-5-8-14-6-3-2-4-7-14/h2-3,6-7H,5,8-13H2,1H3. The van der Waals surface area contributed by atoms with E-state index in [9.17, 15) is 0 Å². The molecule has 1 fully saturated rings. The van der Waals surface area contributed by atoms with Gasteiger partial charge >= 0.3 is 0 Å². The van der Waals surface area contributed by atoms with E-state index in [-0.39, 0.29) is 0 Å². The molecule has 1 aromatic rings. The Labute approximate surface area is 98.9 Å². The van der Waals surface area contributed by atoms with Crippen molar-refractivity contribution in [2.75, 3.05) is 39.8 Å². The minimum Gasteiger partial charge on any atom is -0.304 e. The average molecular weight is 217 g/mol. The molecule has 1 aromatic carbocycles. The predicted molar refractivity (Wildman–Crippen MR) is 67.5 cm³/mol. The lowest BCUT2D eigenvalue weighted by Gasteiger charge is -2.32. The fraction of sp³-hybridized carbons (Fsp3) is 0.571. The molecule has 2 nitrogen and oxygen atoms in total. The summed E-state index contributed by atoms with van der Waals surface area (Å²) in [5.74, 6) is 0. The Bertz CT molecular complexity index is 289. The van der Waals surface area contributed by atoms with Gasteiger partial charge in [0.05, 0.1) is 0 Å². The van der Waals surface area contributed by atoms with Crippen LogP contribution in [-0.2, 0) is 6.42 Å². The van der Waals surface area contributed by atoms with E-state index in [1.807, 2.05) is 6.07 Å². The fourth-order valence-corrected chi connectivity index (χ4v) is 2.16. The molecule has 1 radical (unpaired) electrons. The number of aryl methyl sites for hydroxylation is 1. The molecule has 0 amide bonds. The summed E-state index contributed by atoms with van der Waals surface area (Å²) in [5, 5.41) is 0. The quantitative estimate of drug-likeness (QED) is 0.757. The van der Waals surface area contributed by atoms with Gasteiger partial charge in [-0.05, 0) is 38.1 Å². The first-order valence-corrected chi connectivity index (χ1v) is 6.20. The van der Waals surface area contributed by atoms with E-state index in [0.717, 1.165) is 0 Å². The van der Waals surface area contributed by atoms with Gasteiger partial charge in [-0.2, -0.15) is 0 Å². The molecule has 0 atom stereocenters. The highest BCUT2D eigenvalue weighted by Crippen LogP contribution is 2.05. The Morgan fingerprint density at radius 3 is 2.75 bits per heavy atom. The molecule has 1 saturated heterocycles. The smallest absolute Gasteiger partial charge is 0.0110 e. The van der Waals surface area contributed by atoms with Crippen molar-refractivity contribution in [2.45, 2.75) is 12.8 Å². The zero-order valence-electron chi connectivity index (χ0n) is 10.2. The third kappa shape index (κ3) is 3.62. The molecule has 0 spiro atoms. The Hall–Kier alpha value is -0.860. The molecule has 1 aliphatic heterocycles. The highest BCUT2D eigenvalue weighted by molar-refractivity contribution is 5.13. The van der Waals surface area contributed by atoms with Gasteiger partial charge in [0.15, 0.2) is 0 Å². The Kier molecular flexibility index (Phi) is 4.37. The van der Waals surface area contributed by atoms with Crippen LogP contribution in [0.5, 0.6) is 0 Å². The van der Waals surface area contributed by atoms with Gasteiger partial charge in [0.25, 0.3) is 0 Å². The predicted octanol–water partition coefficient (Wildman–Crippen LogP) is 1.67. The topological polar surface area (TPSA) is 6.48 Å².